The molecule has 0 aliphatic rings. The van der Waals surface area contributed by atoms with E-state index in [9.17, 15) is 8.42 Å². The topological polar surface area (TPSA) is 119 Å². The largest absolute Gasteiger partial charge is 0.306 e. The molecule has 0 aliphatic carbocycles. The van der Waals surface area contributed by atoms with Crippen molar-refractivity contribution in [1.29, 1.82) is 0 Å². The summed E-state index contributed by atoms with van der Waals surface area (Å²) in [5, 5.41) is 5.73. The van der Waals surface area contributed by atoms with E-state index < -0.39 is 10.0 Å². The van der Waals surface area contributed by atoms with E-state index in [2.05, 4.69) is 20.2 Å². The lowest BCUT2D eigenvalue weighted by Crippen LogP contribution is -2.27. The zero-order valence-corrected chi connectivity index (χ0v) is 12.6. The Labute approximate surface area is 124 Å². The van der Waals surface area contributed by atoms with Crippen molar-refractivity contribution in [2.45, 2.75) is 11.6 Å². The highest BCUT2D eigenvalue weighted by Gasteiger charge is 2.25. The molecule has 3 rings (SSSR count). The second-order valence-electron chi connectivity index (χ2n) is 4.24. The molecule has 0 saturated heterocycles. The van der Waals surface area contributed by atoms with Crippen molar-refractivity contribution >= 4 is 32.1 Å². The van der Waals surface area contributed by atoms with Crippen LogP contribution >= 0.6 is 11.3 Å². The van der Waals surface area contributed by atoms with Gasteiger partial charge in [0.1, 0.15) is 0 Å². The smallest absolute Gasteiger partial charge is 0.260 e. The van der Waals surface area contributed by atoms with Gasteiger partial charge in [-0.25, -0.2) is 19.0 Å². The molecule has 3 aromatic heterocycles. The third-order valence-electron chi connectivity index (χ3n) is 2.98. The number of thiazole rings is 1. The molecule has 112 valence electrons. The fourth-order valence-corrected chi connectivity index (χ4v) is 3.94. The first kappa shape index (κ1) is 14.0. The molecule has 4 N–H and O–H groups in total. The van der Waals surface area contributed by atoms with Gasteiger partial charge in [-0.3, -0.25) is 9.08 Å². The number of nitrogens with zero attached hydrogens (tertiary/aromatic N) is 4. The lowest BCUT2D eigenvalue weighted by Gasteiger charge is -2.07. The average Bonchev–Trinajstić information content (AvgIpc) is 3.10. The first-order chi connectivity index (χ1) is 10.0. The molecule has 0 aromatic carbocycles. The van der Waals surface area contributed by atoms with Crippen LogP contribution in [-0.4, -0.2) is 27.6 Å². The van der Waals surface area contributed by atoms with Gasteiger partial charge in [-0.15, -0.1) is 11.3 Å². The number of aromatic nitrogens is 4. The van der Waals surface area contributed by atoms with Gasteiger partial charge in [-0.05, 0) is 6.07 Å². The number of nitrogens with two attached hydrogens (primary N) is 1. The van der Waals surface area contributed by atoms with Crippen LogP contribution in [0.25, 0.3) is 4.96 Å². The normalized spacial score (nSPS) is 12.1. The zero-order valence-electron chi connectivity index (χ0n) is 11.0. The van der Waals surface area contributed by atoms with Crippen LogP contribution in [0.2, 0.25) is 0 Å². The number of rotatable bonds is 5. The summed E-state index contributed by atoms with van der Waals surface area (Å²) in [6, 6.07) is 1.74. The summed E-state index contributed by atoms with van der Waals surface area (Å²) in [6.45, 7) is 0.125. The molecule has 0 saturated carbocycles. The van der Waals surface area contributed by atoms with E-state index >= 15 is 0 Å². The average molecular weight is 327 g/mol. The summed E-state index contributed by atoms with van der Waals surface area (Å²) in [6.07, 6.45) is 3.23. The maximum atomic E-state index is 12.5. The highest BCUT2D eigenvalue weighted by Crippen LogP contribution is 2.24. The number of imidazole rings is 1. The zero-order chi connectivity index (χ0) is 15.0. The molecule has 0 aliphatic heterocycles. The molecular formula is C10H13N7O2S2. The predicted molar refractivity (Wildman–Crippen MR) is 78.1 cm³/mol. The van der Waals surface area contributed by atoms with Gasteiger partial charge in [0, 0.05) is 24.8 Å². The number of aryl methyl sites for hydroxylation is 1. The standard InChI is InChI=1S/C10H13N7O2S2/c1-16-7(2-3-12-16)6-13-21(18,19)9-8(15-11)14-10-17(9)4-5-20-10/h2-5,13,15H,6,11H2,1H3. The van der Waals surface area contributed by atoms with Gasteiger partial charge in [0.2, 0.25) is 5.03 Å². The first-order valence-electron chi connectivity index (χ1n) is 5.91. The molecule has 9 nitrogen and oxygen atoms in total. The maximum Gasteiger partial charge on any atom is 0.260 e. The number of nitrogen functional groups attached to an aromatic ring is 1. The van der Waals surface area contributed by atoms with Crippen LogP contribution < -0.4 is 16.0 Å². The van der Waals surface area contributed by atoms with Crippen molar-refractivity contribution in [2.75, 3.05) is 5.43 Å². The Morgan fingerprint density at radius 3 is 2.95 bits per heavy atom. The highest BCUT2D eigenvalue weighted by molar-refractivity contribution is 7.89. The molecule has 0 unspecified atom stereocenters. The van der Waals surface area contributed by atoms with E-state index in [1.807, 2.05) is 0 Å². The molecule has 0 fully saturated rings. The molecule has 11 heteroatoms. The lowest BCUT2D eigenvalue weighted by molar-refractivity contribution is 0.573. The third-order valence-corrected chi connectivity index (χ3v) is 5.16. The monoisotopic (exact) mass is 327 g/mol. The van der Waals surface area contributed by atoms with E-state index in [4.69, 9.17) is 5.84 Å². The van der Waals surface area contributed by atoms with Gasteiger partial charge in [-0.1, -0.05) is 0 Å². The number of anilines is 1. The van der Waals surface area contributed by atoms with Crippen molar-refractivity contribution in [3.8, 4) is 0 Å². The second kappa shape index (κ2) is 5.11. The van der Waals surface area contributed by atoms with Gasteiger partial charge in [0.05, 0.1) is 12.2 Å². The molecule has 0 amide bonds. The maximum absolute atomic E-state index is 12.5. The van der Waals surface area contributed by atoms with Crippen LogP contribution in [0.3, 0.4) is 0 Å². The Morgan fingerprint density at radius 2 is 2.29 bits per heavy atom. The molecule has 0 bridgehead atoms. The predicted octanol–water partition coefficient (Wildman–Crippen LogP) is -0.107. The summed E-state index contributed by atoms with van der Waals surface area (Å²) in [5.74, 6) is 5.47. The van der Waals surface area contributed by atoms with Gasteiger partial charge in [0.15, 0.2) is 10.8 Å². The van der Waals surface area contributed by atoms with Gasteiger partial charge < -0.3 is 5.43 Å². The van der Waals surface area contributed by atoms with Gasteiger partial charge >= 0.3 is 0 Å². The fraction of sp³-hybridized carbons (Fsp3) is 0.200. The van der Waals surface area contributed by atoms with Crippen molar-refractivity contribution in [3.05, 3.63) is 29.5 Å². The minimum atomic E-state index is -3.78. The molecule has 0 atom stereocenters. The Kier molecular flexibility index (Phi) is 3.41. The molecular weight excluding hydrogens is 314 g/mol. The summed E-state index contributed by atoms with van der Waals surface area (Å²) < 4.78 is 30.6. The van der Waals surface area contributed by atoms with Crippen LogP contribution in [0.4, 0.5) is 5.82 Å². The molecule has 21 heavy (non-hydrogen) atoms. The van der Waals surface area contributed by atoms with Crippen molar-refractivity contribution < 1.29 is 8.42 Å². The molecule has 0 spiro atoms. The van der Waals surface area contributed by atoms with E-state index in [1.165, 1.54) is 15.7 Å². The number of nitrogens with one attached hydrogen (secondary N) is 2. The lowest BCUT2D eigenvalue weighted by atomic mass is 10.4. The SMILES string of the molecule is Cn1nccc1CNS(=O)(=O)c1c(NN)nc2sccn12. The van der Waals surface area contributed by atoms with E-state index in [-0.39, 0.29) is 17.4 Å². The third kappa shape index (κ3) is 2.40. The van der Waals surface area contributed by atoms with Crippen LogP contribution in [0.1, 0.15) is 5.69 Å². The van der Waals surface area contributed by atoms with Crippen LogP contribution in [0.5, 0.6) is 0 Å². The Balaban J connectivity index is 1.96. The summed E-state index contributed by atoms with van der Waals surface area (Å²) in [5.41, 5.74) is 3.06. The Hall–Kier alpha value is -1.95. The van der Waals surface area contributed by atoms with Crippen LogP contribution in [0.15, 0.2) is 28.9 Å². The van der Waals surface area contributed by atoms with E-state index in [0.717, 1.165) is 5.69 Å². The number of hydrogen-bond acceptors (Lipinski definition) is 7. The van der Waals surface area contributed by atoms with Crippen molar-refractivity contribution in [2.24, 2.45) is 12.9 Å². The minimum Gasteiger partial charge on any atom is -0.306 e. The molecule has 3 aromatic rings. The Bertz CT molecular complexity index is 876. The highest BCUT2D eigenvalue weighted by atomic mass is 32.2. The number of sulfonamides is 1. The Morgan fingerprint density at radius 1 is 1.48 bits per heavy atom. The van der Waals surface area contributed by atoms with Crippen LogP contribution in [-0.2, 0) is 23.6 Å². The summed E-state index contributed by atoms with van der Waals surface area (Å²) in [7, 11) is -2.03. The van der Waals surface area contributed by atoms with E-state index in [1.54, 1.807) is 35.6 Å². The second-order valence-corrected chi connectivity index (χ2v) is 6.79. The van der Waals surface area contributed by atoms with Crippen molar-refractivity contribution in [3.63, 3.8) is 0 Å². The molecule has 3 heterocycles. The number of hydrazine groups is 1. The molecule has 0 radical (unpaired) electrons. The number of hydrogen-bond donors (Lipinski definition) is 3. The van der Waals surface area contributed by atoms with E-state index in [0.29, 0.717) is 4.96 Å². The van der Waals surface area contributed by atoms with Crippen molar-refractivity contribution in [1.82, 2.24) is 23.9 Å². The fourth-order valence-electron chi connectivity index (χ4n) is 1.93. The quantitative estimate of drug-likeness (QED) is 0.444. The summed E-state index contributed by atoms with van der Waals surface area (Å²) in [4.78, 5) is 4.67. The minimum absolute atomic E-state index is 0.0107. The van der Waals surface area contributed by atoms with Gasteiger partial charge in [0.25, 0.3) is 10.0 Å². The van der Waals surface area contributed by atoms with Crippen LogP contribution in [0, 0.1) is 0 Å². The summed E-state index contributed by atoms with van der Waals surface area (Å²) >= 11 is 1.32. The van der Waals surface area contributed by atoms with Gasteiger partial charge in [-0.2, -0.15) is 10.1 Å². The number of fused-ring (bicyclic) bond motifs is 1. The first-order valence-corrected chi connectivity index (χ1v) is 8.28.